The summed E-state index contributed by atoms with van der Waals surface area (Å²) in [4.78, 5) is 0. The molecular weight excluding hydrogens is 241 g/mol. The number of hydrogen-bond donors (Lipinski definition) is 2. The van der Waals surface area contributed by atoms with Crippen molar-refractivity contribution in [2.24, 2.45) is 0 Å². The molecule has 3 N–H and O–H groups in total. The molecule has 0 fully saturated rings. The zero-order valence-corrected chi connectivity index (χ0v) is 11.9. The second kappa shape index (κ2) is 7.13. The topological polar surface area (TPSA) is 89.6 Å². The smallest absolute Gasteiger partial charge is 0.264 e. The second-order valence-electron chi connectivity index (χ2n) is 3.06. The Hall–Kier alpha value is -0.270. The van der Waals surface area contributed by atoms with Crippen LogP contribution in [0.15, 0.2) is 24.3 Å². The monoisotopic (exact) mass is 254 g/mol. The molecule has 0 bridgehead atoms. The molecule has 0 unspecified atom stereocenters. The molecule has 0 aliphatic carbocycles. The maximum Gasteiger partial charge on any atom is 0.264 e. The van der Waals surface area contributed by atoms with Gasteiger partial charge in [-0.15, -0.1) is 0 Å². The predicted molar refractivity (Wildman–Crippen MR) is 63.1 cm³/mol. The number of benzene rings is 1. The van der Waals surface area contributed by atoms with Gasteiger partial charge in [-0.25, -0.2) is 0 Å². The maximum atomic E-state index is 10.4. The molecule has 1 radical (unpaired) electrons. The summed E-state index contributed by atoms with van der Waals surface area (Å²) in [7, 11) is -3.89. The van der Waals surface area contributed by atoms with Crippen molar-refractivity contribution in [2.75, 3.05) is 18.1 Å². The third-order valence-electron chi connectivity index (χ3n) is 1.70. The van der Waals surface area contributed by atoms with Crippen molar-refractivity contribution in [3.05, 3.63) is 24.3 Å². The standard InChI is InChI=1S/C9H13NO4S.Na/c10-8-2-4-9(5-3-8)14-6-1-7-15(11,12)13;/h2-5H,1,6-7,10H2,(H,11,12,13);. The van der Waals surface area contributed by atoms with Crippen molar-refractivity contribution in [2.45, 2.75) is 6.42 Å². The van der Waals surface area contributed by atoms with Crippen molar-refractivity contribution in [3.63, 3.8) is 0 Å². The van der Waals surface area contributed by atoms with E-state index in [0.29, 0.717) is 11.4 Å². The van der Waals surface area contributed by atoms with Gasteiger partial charge in [-0.05, 0) is 30.7 Å². The minimum atomic E-state index is -3.89. The first-order chi connectivity index (χ1) is 6.97. The van der Waals surface area contributed by atoms with Gasteiger partial charge in [-0.3, -0.25) is 4.55 Å². The molecule has 5 nitrogen and oxygen atoms in total. The van der Waals surface area contributed by atoms with Crippen molar-refractivity contribution in [1.29, 1.82) is 0 Å². The quantitative estimate of drug-likeness (QED) is 0.346. The SMILES string of the molecule is Nc1ccc(OCCCS(=O)(=O)O)cc1.[Na]. The number of rotatable bonds is 5. The van der Waals surface area contributed by atoms with Crippen LogP contribution >= 0.6 is 0 Å². The van der Waals surface area contributed by atoms with Crippen molar-refractivity contribution < 1.29 is 17.7 Å². The molecule has 0 atom stereocenters. The Morgan fingerprint density at radius 3 is 2.31 bits per heavy atom. The van der Waals surface area contributed by atoms with E-state index in [1.165, 1.54) is 0 Å². The Balaban J connectivity index is 0.00000225. The van der Waals surface area contributed by atoms with Gasteiger partial charge >= 0.3 is 0 Å². The first-order valence-corrected chi connectivity index (χ1v) is 6.02. The van der Waals surface area contributed by atoms with Gasteiger partial charge in [-0.2, -0.15) is 8.42 Å². The number of anilines is 1. The molecule has 0 aliphatic rings. The summed E-state index contributed by atoms with van der Waals surface area (Å²) in [5.41, 5.74) is 6.11. The maximum absolute atomic E-state index is 10.4. The number of ether oxygens (including phenoxy) is 1. The Bertz CT molecular complexity index is 404. The Kier molecular flexibility index (Phi) is 7.01. The summed E-state index contributed by atoms with van der Waals surface area (Å²) in [5, 5.41) is 0. The Morgan fingerprint density at radius 2 is 1.81 bits per heavy atom. The van der Waals surface area contributed by atoms with Crippen LogP contribution in [0.3, 0.4) is 0 Å². The molecule has 0 aliphatic heterocycles. The third-order valence-corrected chi connectivity index (χ3v) is 2.50. The van der Waals surface area contributed by atoms with Gasteiger partial charge in [0, 0.05) is 35.2 Å². The van der Waals surface area contributed by atoms with Gasteiger partial charge in [-0.1, -0.05) is 0 Å². The number of nitrogens with two attached hydrogens (primary N) is 1. The molecule has 1 aromatic carbocycles. The van der Waals surface area contributed by atoms with Crippen LogP contribution in [0.2, 0.25) is 0 Å². The van der Waals surface area contributed by atoms with Crippen molar-refractivity contribution >= 4 is 45.4 Å². The molecule has 85 valence electrons. The van der Waals surface area contributed by atoms with Crippen LogP contribution in [-0.2, 0) is 10.1 Å². The fraction of sp³-hybridized carbons (Fsp3) is 0.333. The zero-order chi connectivity index (χ0) is 11.3. The number of nitrogen functional groups attached to an aromatic ring is 1. The molecule has 16 heavy (non-hydrogen) atoms. The van der Waals surface area contributed by atoms with E-state index >= 15 is 0 Å². The van der Waals surface area contributed by atoms with Gasteiger partial charge in [0.15, 0.2) is 0 Å². The summed E-state index contributed by atoms with van der Waals surface area (Å²) in [6.07, 6.45) is 0.253. The molecule has 1 rings (SSSR count). The molecule has 7 heteroatoms. The predicted octanol–water partition coefficient (Wildman–Crippen LogP) is 0.545. The van der Waals surface area contributed by atoms with E-state index in [9.17, 15) is 8.42 Å². The number of hydrogen-bond acceptors (Lipinski definition) is 4. The molecule has 0 saturated carbocycles. The van der Waals surface area contributed by atoms with Crippen molar-refractivity contribution in [1.82, 2.24) is 0 Å². The summed E-state index contributed by atoms with van der Waals surface area (Å²) < 4.78 is 34.4. The van der Waals surface area contributed by atoms with Crippen LogP contribution in [-0.4, -0.2) is 54.9 Å². The minimum absolute atomic E-state index is 0. The van der Waals surface area contributed by atoms with Crippen LogP contribution < -0.4 is 10.5 Å². The summed E-state index contributed by atoms with van der Waals surface area (Å²) in [6.45, 7) is 0.240. The first kappa shape index (κ1) is 15.7. The van der Waals surface area contributed by atoms with E-state index in [4.69, 9.17) is 15.0 Å². The van der Waals surface area contributed by atoms with E-state index in [2.05, 4.69) is 0 Å². The van der Waals surface area contributed by atoms with Gasteiger partial charge < -0.3 is 10.5 Å². The molecular formula is C9H13NNaO4S. The Labute approximate surface area is 117 Å². The van der Waals surface area contributed by atoms with Gasteiger partial charge in [0.2, 0.25) is 0 Å². The van der Waals surface area contributed by atoms with E-state index in [1.807, 2.05) is 0 Å². The van der Waals surface area contributed by atoms with Crippen LogP contribution in [0, 0.1) is 0 Å². The van der Waals surface area contributed by atoms with Gasteiger partial charge in [0.25, 0.3) is 10.1 Å². The zero-order valence-electron chi connectivity index (χ0n) is 9.09. The minimum Gasteiger partial charge on any atom is -0.494 e. The largest absolute Gasteiger partial charge is 0.494 e. The molecule has 0 saturated heterocycles. The summed E-state index contributed by atoms with van der Waals surface area (Å²) >= 11 is 0. The first-order valence-electron chi connectivity index (χ1n) is 4.41. The average Bonchev–Trinajstić information content (AvgIpc) is 2.14. The van der Waals surface area contributed by atoms with Gasteiger partial charge in [0.1, 0.15) is 5.75 Å². The Morgan fingerprint density at radius 1 is 1.25 bits per heavy atom. The van der Waals surface area contributed by atoms with Crippen LogP contribution in [0.1, 0.15) is 6.42 Å². The normalized spacial score (nSPS) is 10.6. The molecule has 0 aromatic heterocycles. The van der Waals surface area contributed by atoms with E-state index in [1.54, 1.807) is 24.3 Å². The average molecular weight is 254 g/mol. The van der Waals surface area contributed by atoms with E-state index < -0.39 is 10.1 Å². The third kappa shape index (κ3) is 7.08. The molecule has 1 aromatic rings. The molecule has 0 amide bonds. The summed E-state index contributed by atoms with van der Waals surface area (Å²) in [5.74, 6) is 0.335. The van der Waals surface area contributed by atoms with Gasteiger partial charge in [0.05, 0.1) is 12.4 Å². The summed E-state index contributed by atoms with van der Waals surface area (Å²) in [6, 6.07) is 6.78. The molecule has 0 spiro atoms. The van der Waals surface area contributed by atoms with Crippen LogP contribution in [0.25, 0.3) is 0 Å². The fourth-order valence-corrected chi connectivity index (χ4v) is 1.48. The van der Waals surface area contributed by atoms with Crippen molar-refractivity contribution in [3.8, 4) is 5.75 Å². The fourth-order valence-electron chi connectivity index (χ4n) is 0.995. The van der Waals surface area contributed by atoms with E-state index in [0.717, 1.165) is 0 Å². The van der Waals surface area contributed by atoms with Crippen LogP contribution in [0.4, 0.5) is 5.69 Å². The van der Waals surface area contributed by atoms with E-state index in [-0.39, 0.29) is 48.3 Å². The van der Waals surface area contributed by atoms with Crippen LogP contribution in [0.5, 0.6) is 5.75 Å². The molecule has 0 heterocycles. The second-order valence-corrected chi connectivity index (χ2v) is 4.63.